The van der Waals surface area contributed by atoms with Crippen LogP contribution in [0.1, 0.15) is 19.4 Å². The molecule has 1 heterocycles. The molecule has 1 aromatic heterocycles. The van der Waals surface area contributed by atoms with Crippen molar-refractivity contribution < 1.29 is 4.74 Å². The van der Waals surface area contributed by atoms with E-state index < -0.39 is 0 Å². The average molecular weight is 205 g/mol. The number of nitriles is 1. The van der Waals surface area contributed by atoms with Gasteiger partial charge in [-0.25, -0.2) is 4.98 Å². The Hall–Kier alpha value is -1.60. The minimum atomic E-state index is 0.145. The van der Waals surface area contributed by atoms with Crippen LogP contribution in [0.25, 0.3) is 0 Å². The van der Waals surface area contributed by atoms with Crippen LogP contribution in [0.2, 0.25) is 0 Å². The van der Waals surface area contributed by atoms with E-state index in [1.807, 2.05) is 13.8 Å². The number of anilines is 1. The van der Waals surface area contributed by atoms with E-state index in [0.717, 1.165) is 0 Å². The number of ether oxygens (including phenoxy) is 1. The van der Waals surface area contributed by atoms with Crippen LogP contribution in [0.5, 0.6) is 0 Å². The molecule has 0 bridgehead atoms. The van der Waals surface area contributed by atoms with Crippen LogP contribution in [-0.2, 0) is 4.74 Å². The standard InChI is InChI=1S/C11H15N3O/c1-3-15-8-9(2)14-11-10(7-12)5-4-6-13-11/h4-6,9H,3,8H2,1-2H3,(H,13,14). The second kappa shape index (κ2) is 5.99. The Labute approximate surface area is 89.9 Å². The zero-order chi connectivity index (χ0) is 11.1. The van der Waals surface area contributed by atoms with Gasteiger partial charge in [-0.1, -0.05) is 0 Å². The van der Waals surface area contributed by atoms with Crippen molar-refractivity contribution in [1.82, 2.24) is 4.98 Å². The lowest BCUT2D eigenvalue weighted by atomic mass is 10.2. The minimum absolute atomic E-state index is 0.145. The van der Waals surface area contributed by atoms with Gasteiger partial charge < -0.3 is 10.1 Å². The first-order valence-electron chi connectivity index (χ1n) is 4.97. The number of pyridine rings is 1. The van der Waals surface area contributed by atoms with E-state index in [2.05, 4.69) is 16.4 Å². The van der Waals surface area contributed by atoms with Crippen molar-refractivity contribution in [1.29, 1.82) is 5.26 Å². The smallest absolute Gasteiger partial charge is 0.144 e. The molecular formula is C11H15N3O. The maximum atomic E-state index is 8.85. The number of nitrogens with zero attached hydrogens (tertiary/aromatic N) is 2. The average Bonchev–Trinajstić information content (AvgIpc) is 2.27. The van der Waals surface area contributed by atoms with Crippen LogP contribution in [0, 0.1) is 11.3 Å². The van der Waals surface area contributed by atoms with E-state index in [1.165, 1.54) is 0 Å². The molecule has 0 aromatic carbocycles. The molecule has 4 heteroatoms. The summed E-state index contributed by atoms with van der Waals surface area (Å²) in [5, 5.41) is 12.0. The number of nitrogens with one attached hydrogen (secondary N) is 1. The van der Waals surface area contributed by atoms with E-state index in [1.54, 1.807) is 18.3 Å². The molecule has 0 aliphatic carbocycles. The van der Waals surface area contributed by atoms with Crippen LogP contribution >= 0.6 is 0 Å². The fraction of sp³-hybridized carbons (Fsp3) is 0.455. The molecule has 1 rings (SSSR count). The van der Waals surface area contributed by atoms with Gasteiger partial charge in [0.25, 0.3) is 0 Å². The molecule has 0 fully saturated rings. The van der Waals surface area contributed by atoms with Crippen molar-refractivity contribution in [3.63, 3.8) is 0 Å². The highest BCUT2D eigenvalue weighted by molar-refractivity contribution is 5.51. The third-order valence-electron chi connectivity index (χ3n) is 1.88. The first-order chi connectivity index (χ1) is 7.27. The zero-order valence-electron chi connectivity index (χ0n) is 9.03. The van der Waals surface area contributed by atoms with Crippen molar-refractivity contribution in [2.24, 2.45) is 0 Å². The summed E-state index contributed by atoms with van der Waals surface area (Å²) in [6.07, 6.45) is 1.66. The molecular weight excluding hydrogens is 190 g/mol. The largest absolute Gasteiger partial charge is 0.380 e. The Bertz CT molecular complexity index is 346. The van der Waals surface area contributed by atoms with Gasteiger partial charge >= 0.3 is 0 Å². The van der Waals surface area contributed by atoms with E-state index >= 15 is 0 Å². The third kappa shape index (κ3) is 3.56. The molecule has 0 saturated carbocycles. The number of hydrogen-bond acceptors (Lipinski definition) is 4. The SMILES string of the molecule is CCOCC(C)Nc1ncccc1C#N. The summed E-state index contributed by atoms with van der Waals surface area (Å²) in [5.41, 5.74) is 0.556. The van der Waals surface area contributed by atoms with Gasteiger partial charge in [-0.15, -0.1) is 0 Å². The predicted octanol–water partition coefficient (Wildman–Crippen LogP) is 1.79. The molecule has 4 nitrogen and oxygen atoms in total. The topological polar surface area (TPSA) is 57.9 Å². The van der Waals surface area contributed by atoms with Crippen molar-refractivity contribution in [2.75, 3.05) is 18.5 Å². The first-order valence-corrected chi connectivity index (χ1v) is 4.97. The van der Waals surface area contributed by atoms with Gasteiger partial charge in [0.1, 0.15) is 11.9 Å². The lowest BCUT2D eigenvalue weighted by molar-refractivity contribution is 0.141. The fourth-order valence-electron chi connectivity index (χ4n) is 1.18. The van der Waals surface area contributed by atoms with Crippen LogP contribution in [0.4, 0.5) is 5.82 Å². The maximum Gasteiger partial charge on any atom is 0.144 e. The second-order valence-corrected chi connectivity index (χ2v) is 3.22. The Kier molecular flexibility index (Phi) is 4.58. The molecule has 0 saturated heterocycles. The van der Waals surface area contributed by atoms with Gasteiger partial charge in [-0.3, -0.25) is 0 Å². The molecule has 80 valence electrons. The van der Waals surface area contributed by atoms with Crippen molar-refractivity contribution >= 4 is 5.82 Å². The second-order valence-electron chi connectivity index (χ2n) is 3.22. The highest BCUT2D eigenvalue weighted by Gasteiger charge is 2.06. The lowest BCUT2D eigenvalue weighted by Crippen LogP contribution is -2.22. The summed E-state index contributed by atoms with van der Waals surface area (Å²) in [5.74, 6) is 0.618. The summed E-state index contributed by atoms with van der Waals surface area (Å²) < 4.78 is 5.27. The van der Waals surface area contributed by atoms with Crippen LogP contribution < -0.4 is 5.32 Å². The van der Waals surface area contributed by atoms with Gasteiger partial charge in [0, 0.05) is 18.8 Å². The summed E-state index contributed by atoms with van der Waals surface area (Å²) in [7, 11) is 0. The Balaban J connectivity index is 2.60. The number of rotatable bonds is 5. The molecule has 0 radical (unpaired) electrons. The van der Waals surface area contributed by atoms with E-state index in [4.69, 9.17) is 10.00 Å². The minimum Gasteiger partial charge on any atom is -0.380 e. The van der Waals surface area contributed by atoms with Gasteiger partial charge in [-0.05, 0) is 26.0 Å². The number of hydrogen-bond donors (Lipinski definition) is 1. The van der Waals surface area contributed by atoms with Gasteiger partial charge in [-0.2, -0.15) is 5.26 Å². The zero-order valence-corrected chi connectivity index (χ0v) is 9.03. The van der Waals surface area contributed by atoms with Crippen LogP contribution in [-0.4, -0.2) is 24.2 Å². The molecule has 0 spiro atoms. The first kappa shape index (κ1) is 11.5. The van der Waals surface area contributed by atoms with Gasteiger partial charge in [0.15, 0.2) is 0 Å². The predicted molar refractivity (Wildman–Crippen MR) is 58.5 cm³/mol. The third-order valence-corrected chi connectivity index (χ3v) is 1.88. The molecule has 0 aliphatic heterocycles. The quantitative estimate of drug-likeness (QED) is 0.796. The normalized spacial score (nSPS) is 11.8. The highest BCUT2D eigenvalue weighted by Crippen LogP contribution is 2.10. The molecule has 0 amide bonds. The van der Waals surface area contributed by atoms with Gasteiger partial charge in [0.05, 0.1) is 12.2 Å². The van der Waals surface area contributed by atoms with Crippen LogP contribution in [0.15, 0.2) is 18.3 Å². The molecule has 1 N–H and O–H groups in total. The van der Waals surface area contributed by atoms with E-state index in [9.17, 15) is 0 Å². The summed E-state index contributed by atoms with van der Waals surface area (Å²) in [6, 6.07) is 5.72. The summed E-state index contributed by atoms with van der Waals surface area (Å²) in [4.78, 5) is 4.11. The van der Waals surface area contributed by atoms with Crippen LogP contribution in [0.3, 0.4) is 0 Å². The number of aromatic nitrogens is 1. The molecule has 0 aliphatic rings. The fourth-order valence-corrected chi connectivity index (χ4v) is 1.18. The van der Waals surface area contributed by atoms with Crippen molar-refractivity contribution in [2.45, 2.75) is 19.9 Å². The summed E-state index contributed by atoms with van der Waals surface area (Å²) >= 11 is 0. The summed E-state index contributed by atoms with van der Waals surface area (Å²) in [6.45, 7) is 5.25. The Morgan fingerprint density at radius 1 is 1.67 bits per heavy atom. The Morgan fingerprint density at radius 3 is 3.13 bits per heavy atom. The molecule has 1 atom stereocenters. The lowest BCUT2D eigenvalue weighted by Gasteiger charge is -2.14. The monoisotopic (exact) mass is 205 g/mol. The Morgan fingerprint density at radius 2 is 2.47 bits per heavy atom. The highest BCUT2D eigenvalue weighted by atomic mass is 16.5. The molecule has 1 unspecified atom stereocenters. The molecule has 1 aromatic rings. The van der Waals surface area contributed by atoms with Gasteiger partial charge in [0.2, 0.25) is 0 Å². The van der Waals surface area contributed by atoms with E-state index in [0.29, 0.717) is 24.6 Å². The maximum absolute atomic E-state index is 8.85. The molecule has 15 heavy (non-hydrogen) atoms. The van der Waals surface area contributed by atoms with E-state index in [-0.39, 0.29) is 6.04 Å². The van der Waals surface area contributed by atoms with Crippen molar-refractivity contribution in [3.05, 3.63) is 23.9 Å². The van der Waals surface area contributed by atoms with Crippen molar-refractivity contribution in [3.8, 4) is 6.07 Å².